The highest BCUT2D eigenvalue weighted by Gasteiger charge is 2.13. The van der Waals surface area contributed by atoms with Crippen molar-refractivity contribution in [1.29, 1.82) is 0 Å². The first kappa shape index (κ1) is 19.4. The van der Waals surface area contributed by atoms with Gasteiger partial charge in [-0.2, -0.15) is 9.61 Å². The molecule has 0 bridgehead atoms. The van der Waals surface area contributed by atoms with Gasteiger partial charge in [-0.15, -0.1) is 10.2 Å². The fourth-order valence-corrected chi connectivity index (χ4v) is 3.13. The smallest absolute Gasteiger partial charge is 0.251 e. The fourth-order valence-electron chi connectivity index (χ4n) is 3.13. The molecule has 2 aromatic carbocycles. The number of nitrogens with one attached hydrogen (secondary N) is 1. The van der Waals surface area contributed by atoms with E-state index >= 15 is 0 Å². The molecule has 152 valence electrons. The number of hydrogen-bond donors (Lipinski definition) is 1. The maximum atomic E-state index is 12.6. The molecule has 0 aliphatic heterocycles. The molecule has 30 heavy (non-hydrogen) atoms. The number of methoxy groups -OCH3 is 2. The van der Waals surface area contributed by atoms with Crippen molar-refractivity contribution in [3.05, 3.63) is 71.5 Å². The summed E-state index contributed by atoms with van der Waals surface area (Å²) < 4.78 is 12.0. The quantitative estimate of drug-likeness (QED) is 0.532. The van der Waals surface area contributed by atoms with Gasteiger partial charge in [0.2, 0.25) is 0 Å². The highest BCUT2D eigenvalue weighted by atomic mass is 16.5. The number of fused-ring (bicyclic) bond motifs is 1. The van der Waals surface area contributed by atoms with E-state index in [9.17, 15) is 4.79 Å². The van der Waals surface area contributed by atoms with Crippen LogP contribution < -0.4 is 14.8 Å². The van der Waals surface area contributed by atoms with E-state index in [0.717, 1.165) is 22.6 Å². The molecule has 0 aliphatic carbocycles. The number of rotatable bonds is 6. The minimum Gasteiger partial charge on any atom is -0.497 e. The van der Waals surface area contributed by atoms with Crippen LogP contribution in [0.2, 0.25) is 0 Å². The molecule has 0 spiro atoms. The van der Waals surface area contributed by atoms with E-state index < -0.39 is 0 Å². The zero-order chi connectivity index (χ0) is 21.1. The number of ether oxygens (including phenoxy) is 2. The van der Waals surface area contributed by atoms with E-state index in [1.165, 1.54) is 0 Å². The van der Waals surface area contributed by atoms with Crippen molar-refractivity contribution in [3.63, 3.8) is 0 Å². The molecule has 8 nitrogen and oxygen atoms in total. The summed E-state index contributed by atoms with van der Waals surface area (Å²) in [4.78, 5) is 12.6. The Kier molecular flexibility index (Phi) is 5.30. The number of benzene rings is 2. The fraction of sp³-hybridized carbons (Fsp3) is 0.182. The average molecular weight is 403 g/mol. The Hall–Kier alpha value is -3.94. The molecule has 4 aromatic rings. The number of aromatic nitrogens is 4. The average Bonchev–Trinajstić information content (AvgIpc) is 3.19. The second kappa shape index (κ2) is 8.20. The summed E-state index contributed by atoms with van der Waals surface area (Å²) in [5.41, 5.74) is 3.73. The third-order valence-electron chi connectivity index (χ3n) is 4.80. The van der Waals surface area contributed by atoms with Crippen molar-refractivity contribution in [2.45, 2.75) is 13.5 Å². The van der Waals surface area contributed by atoms with Crippen LogP contribution in [0.3, 0.4) is 0 Å². The van der Waals surface area contributed by atoms with Crippen LogP contribution in [0.4, 0.5) is 0 Å². The molecule has 1 amide bonds. The highest BCUT2D eigenvalue weighted by Crippen LogP contribution is 2.21. The Bertz CT molecular complexity index is 1200. The van der Waals surface area contributed by atoms with E-state index in [2.05, 4.69) is 20.6 Å². The maximum absolute atomic E-state index is 12.6. The molecule has 0 fully saturated rings. The number of carbonyl (C=O) groups is 1. The van der Waals surface area contributed by atoms with Crippen molar-refractivity contribution in [2.24, 2.45) is 0 Å². The standard InChI is InChI=1S/C22H21N5O3/c1-14-12-17(30-3)8-9-18(14)22(28)23-13-21-25-24-20-11-10-19(26-27(20)21)15-4-6-16(29-2)7-5-15/h4-12H,13H2,1-3H3,(H,23,28). The summed E-state index contributed by atoms with van der Waals surface area (Å²) in [5, 5.41) is 15.8. The van der Waals surface area contributed by atoms with Gasteiger partial charge >= 0.3 is 0 Å². The van der Waals surface area contributed by atoms with Crippen LogP contribution in [0, 0.1) is 6.92 Å². The molecule has 8 heteroatoms. The summed E-state index contributed by atoms with van der Waals surface area (Å²) in [5.74, 6) is 1.84. The van der Waals surface area contributed by atoms with Gasteiger partial charge in [-0.25, -0.2) is 0 Å². The van der Waals surface area contributed by atoms with Crippen LogP contribution in [0.15, 0.2) is 54.6 Å². The Morgan fingerprint density at radius 2 is 1.70 bits per heavy atom. The Balaban J connectivity index is 1.55. The monoisotopic (exact) mass is 403 g/mol. The van der Waals surface area contributed by atoms with Crippen molar-refractivity contribution >= 4 is 11.6 Å². The normalized spacial score (nSPS) is 10.8. The lowest BCUT2D eigenvalue weighted by molar-refractivity contribution is 0.0949. The van der Waals surface area contributed by atoms with Crippen molar-refractivity contribution in [2.75, 3.05) is 14.2 Å². The minimum absolute atomic E-state index is 0.196. The number of nitrogens with zero attached hydrogens (tertiary/aromatic N) is 4. The number of aryl methyl sites for hydroxylation is 1. The first-order chi connectivity index (χ1) is 14.6. The van der Waals surface area contributed by atoms with Crippen LogP contribution in [0.5, 0.6) is 11.5 Å². The summed E-state index contributed by atoms with van der Waals surface area (Å²) in [6.45, 7) is 2.07. The number of amides is 1. The molecule has 0 atom stereocenters. The summed E-state index contributed by atoms with van der Waals surface area (Å²) in [6.07, 6.45) is 0. The van der Waals surface area contributed by atoms with Crippen LogP contribution >= 0.6 is 0 Å². The van der Waals surface area contributed by atoms with Gasteiger partial charge < -0.3 is 14.8 Å². The molecular weight excluding hydrogens is 382 g/mol. The first-order valence-electron chi connectivity index (χ1n) is 9.37. The van der Waals surface area contributed by atoms with E-state index in [-0.39, 0.29) is 12.5 Å². The van der Waals surface area contributed by atoms with Crippen molar-refractivity contribution < 1.29 is 14.3 Å². The van der Waals surface area contributed by atoms with Crippen molar-refractivity contribution in [3.8, 4) is 22.8 Å². The van der Waals surface area contributed by atoms with E-state index in [4.69, 9.17) is 9.47 Å². The van der Waals surface area contributed by atoms with Gasteiger partial charge in [0.25, 0.3) is 5.91 Å². The summed E-state index contributed by atoms with van der Waals surface area (Å²) in [6, 6.07) is 16.7. The summed E-state index contributed by atoms with van der Waals surface area (Å²) >= 11 is 0. The lowest BCUT2D eigenvalue weighted by Crippen LogP contribution is -2.25. The predicted molar refractivity (Wildman–Crippen MR) is 112 cm³/mol. The lowest BCUT2D eigenvalue weighted by Gasteiger charge is -2.09. The topological polar surface area (TPSA) is 90.6 Å². The van der Waals surface area contributed by atoms with Crippen LogP contribution in [0.25, 0.3) is 16.9 Å². The molecular formula is C22H21N5O3. The first-order valence-corrected chi connectivity index (χ1v) is 9.37. The van der Waals surface area contributed by atoms with E-state index in [1.807, 2.05) is 49.4 Å². The maximum Gasteiger partial charge on any atom is 0.251 e. The molecule has 2 aromatic heterocycles. The molecule has 2 heterocycles. The number of carbonyl (C=O) groups excluding carboxylic acids is 1. The third-order valence-corrected chi connectivity index (χ3v) is 4.80. The SMILES string of the molecule is COc1ccc(-c2ccc3nnc(CNC(=O)c4ccc(OC)cc4C)n3n2)cc1. The predicted octanol–water partition coefficient (Wildman–Crippen LogP) is 3.05. The van der Waals surface area contributed by atoms with Crippen LogP contribution in [-0.2, 0) is 6.54 Å². The Morgan fingerprint density at radius 3 is 2.40 bits per heavy atom. The van der Waals surface area contributed by atoms with Gasteiger partial charge in [-0.1, -0.05) is 0 Å². The van der Waals surface area contributed by atoms with E-state index in [0.29, 0.717) is 22.8 Å². The Morgan fingerprint density at radius 1 is 0.967 bits per heavy atom. The largest absolute Gasteiger partial charge is 0.497 e. The minimum atomic E-state index is -0.196. The molecule has 0 saturated heterocycles. The van der Waals surface area contributed by atoms with Gasteiger partial charge in [0.05, 0.1) is 26.5 Å². The molecule has 0 unspecified atom stereocenters. The molecule has 4 rings (SSSR count). The summed E-state index contributed by atoms with van der Waals surface area (Å²) in [7, 11) is 3.22. The number of hydrogen-bond acceptors (Lipinski definition) is 6. The second-order valence-electron chi connectivity index (χ2n) is 6.70. The molecule has 0 radical (unpaired) electrons. The van der Waals surface area contributed by atoms with Gasteiger partial charge in [-0.3, -0.25) is 4.79 Å². The second-order valence-corrected chi connectivity index (χ2v) is 6.70. The molecule has 0 saturated carbocycles. The van der Waals surface area contributed by atoms with Gasteiger partial charge in [0, 0.05) is 11.1 Å². The highest BCUT2D eigenvalue weighted by molar-refractivity contribution is 5.95. The van der Waals surface area contributed by atoms with Crippen molar-refractivity contribution in [1.82, 2.24) is 25.1 Å². The lowest BCUT2D eigenvalue weighted by atomic mass is 10.1. The van der Waals surface area contributed by atoms with Gasteiger partial charge in [0.1, 0.15) is 11.5 Å². The zero-order valence-corrected chi connectivity index (χ0v) is 16.9. The zero-order valence-electron chi connectivity index (χ0n) is 16.9. The van der Waals surface area contributed by atoms with Gasteiger partial charge in [-0.05, 0) is 67.1 Å². The third kappa shape index (κ3) is 3.80. The Labute approximate surface area is 173 Å². The van der Waals surface area contributed by atoms with E-state index in [1.54, 1.807) is 30.9 Å². The van der Waals surface area contributed by atoms with Crippen LogP contribution in [0.1, 0.15) is 21.7 Å². The molecule has 1 N–H and O–H groups in total. The molecule has 0 aliphatic rings. The van der Waals surface area contributed by atoms with Gasteiger partial charge in [0.15, 0.2) is 11.5 Å². The van der Waals surface area contributed by atoms with Crippen LogP contribution in [-0.4, -0.2) is 39.9 Å².